The van der Waals surface area contributed by atoms with E-state index in [9.17, 15) is 13.5 Å². The monoisotopic (exact) mass is 287 g/mol. The zero-order valence-corrected chi connectivity index (χ0v) is 12.3. The summed E-state index contributed by atoms with van der Waals surface area (Å²) < 4.78 is 24.8. The molecule has 1 saturated heterocycles. The van der Waals surface area contributed by atoms with Gasteiger partial charge in [0.05, 0.1) is 29.8 Å². The van der Waals surface area contributed by atoms with Crippen LogP contribution in [0.3, 0.4) is 0 Å². The predicted molar refractivity (Wildman–Crippen MR) is 72.7 cm³/mol. The van der Waals surface area contributed by atoms with Crippen LogP contribution < -0.4 is 5.32 Å². The van der Waals surface area contributed by atoms with E-state index in [1.54, 1.807) is 6.20 Å². The van der Waals surface area contributed by atoms with Crippen molar-refractivity contribution in [3.8, 4) is 0 Å². The van der Waals surface area contributed by atoms with Crippen LogP contribution in [0.5, 0.6) is 0 Å². The minimum absolute atomic E-state index is 0.00333. The number of nitrogens with one attached hydrogen (secondary N) is 1. The van der Waals surface area contributed by atoms with Gasteiger partial charge in [-0.1, -0.05) is 0 Å². The molecule has 2 rings (SSSR count). The molecule has 1 aliphatic rings. The lowest BCUT2D eigenvalue weighted by molar-refractivity contribution is 0.154. The standard InChI is InChI=1S/C12H21N3O3S/c1-8-4-13-15(5-8)10(3)9(2)14-11-6-19(17,18)7-12(11)16/h4-5,9-12,14,16H,6-7H2,1-3H3/t9-,10+,11-,12+/m0/s1. The fourth-order valence-corrected chi connectivity index (χ4v) is 4.10. The lowest BCUT2D eigenvalue weighted by Gasteiger charge is -2.26. The molecule has 1 aliphatic heterocycles. The van der Waals surface area contributed by atoms with E-state index in [-0.39, 0.29) is 29.6 Å². The Labute approximate surface area is 113 Å². The highest BCUT2D eigenvalue weighted by Gasteiger charge is 2.37. The topological polar surface area (TPSA) is 84.2 Å². The zero-order valence-electron chi connectivity index (χ0n) is 11.4. The maximum Gasteiger partial charge on any atom is 0.154 e. The number of hydrogen-bond acceptors (Lipinski definition) is 5. The minimum atomic E-state index is -3.11. The molecule has 7 heteroatoms. The number of aliphatic hydroxyl groups is 1. The van der Waals surface area contributed by atoms with E-state index in [2.05, 4.69) is 10.4 Å². The fraction of sp³-hybridized carbons (Fsp3) is 0.750. The summed E-state index contributed by atoms with van der Waals surface area (Å²) in [4.78, 5) is 0. The van der Waals surface area contributed by atoms with Gasteiger partial charge in [0.15, 0.2) is 9.84 Å². The van der Waals surface area contributed by atoms with E-state index in [0.29, 0.717) is 0 Å². The van der Waals surface area contributed by atoms with Gasteiger partial charge in [-0.05, 0) is 26.3 Å². The van der Waals surface area contributed by atoms with Crippen LogP contribution in [-0.2, 0) is 9.84 Å². The SMILES string of the molecule is Cc1cnn([C@H](C)[C@H](C)N[C@H]2CS(=O)(=O)C[C@H]2O)c1. The molecule has 6 nitrogen and oxygen atoms in total. The Morgan fingerprint density at radius 3 is 2.63 bits per heavy atom. The summed E-state index contributed by atoms with van der Waals surface area (Å²) >= 11 is 0. The summed E-state index contributed by atoms with van der Waals surface area (Å²) in [6.45, 7) is 5.96. The third kappa shape index (κ3) is 3.34. The van der Waals surface area contributed by atoms with Crippen LogP contribution in [0.1, 0.15) is 25.5 Å². The molecule has 2 N–H and O–H groups in total. The molecule has 2 heterocycles. The summed E-state index contributed by atoms with van der Waals surface area (Å²) in [5, 5.41) is 17.2. The van der Waals surface area contributed by atoms with E-state index in [1.807, 2.05) is 31.6 Å². The van der Waals surface area contributed by atoms with Gasteiger partial charge in [-0.25, -0.2) is 8.42 Å². The predicted octanol–water partition coefficient (Wildman–Crippen LogP) is -0.111. The van der Waals surface area contributed by atoms with Crippen molar-refractivity contribution in [2.24, 2.45) is 0 Å². The van der Waals surface area contributed by atoms with Crippen molar-refractivity contribution in [3.63, 3.8) is 0 Å². The molecule has 1 aromatic heterocycles. The molecule has 0 aliphatic carbocycles. The molecule has 1 fully saturated rings. The first-order chi connectivity index (χ1) is 8.78. The smallest absolute Gasteiger partial charge is 0.154 e. The molecule has 0 radical (unpaired) electrons. The number of sulfone groups is 1. The molecule has 0 amide bonds. The summed E-state index contributed by atoms with van der Waals surface area (Å²) in [5.74, 6) is -0.143. The van der Waals surface area contributed by atoms with E-state index in [4.69, 9.17) is 0 Å². The largest absolute Gasteiger partial charge is 0.390 e. The van der Waals surface area contributed by atoms with Crippen LogP contribution in [0.4, 0.5) is 0 Å². The number of aryl methyl sites for hydroxylation is 1. The summed E-state index contributed by atoms with van der Waals surface area (Å²) in [6, 6.07) is -0.282. The average Bonchev–Trinajstić information content (AvgIpc) is 2.82. The highest BCUT2D eigenvalue weighted by Crippen LogP contribution is 2.17. The maximum atomic E-state index is 11.5. The average molecular weight is 287 g/mol. The first-order valence-corrected chi connectivity index (χ1v) is 8.26. The molecule has 0 unspecified atom stereocenters. The highest BCUT2D eigenvalue weighted by atomic mass is 32.2. The second-order valence-electron chi connectivity index (χ2n) is 5.44. The van der Waals surface area contributed by atoms with E-state index < -0.39 is 15.9 Å². The second kappa shape index (κ2) is 5.22. The minimum Gasteiger partial charge on any atom is -0.390 e. The highest BCUT2D eigenvalue weighted by molar-refractivity contribution is 7.91. The normalized spacial score (nSPS) is 29.3. The van der Waals surface area contributed by atoms with Crippen molar-refractivity contribution in [1.82, 2.24) is 15.1 Å². The van der Waals surface area contributed by atoms with Crippen molar-refractivity contribution in [1.29, 1.82) is 0 Å². The van der Waals surface area contributed by atoms with Gasteiger partial charge in [-0.2, -0.15) is 5.10 Å². The van der Waals surface area contributed by atoms with Crippen LogP contribution in [0.15, 0.2) is 12.4 Å². The Balaban J connectivity index is 1.99. The van der Waals surface area contributed by atoms with E-state index in [0.717, 1.165) is 5.56 Å². The Morgan fingerprint density at radius 1 is 1.47 bits per heavy atom. The Kier molecular flexibility index (Phi) is 3.98. The summed E-state index contributed by atoms with van der Waals surface area (Å²) in [7, 11) is -3.11. The third-order valence-electron chi connectivity index (χ3n) is 3.67. The van der Waals surface area contributed by atoms with E-state index >= 15 is 0 Å². The number of aromatic nitrogens is 2. The lowest BCUT2D eigenvalue weighted by Crippen LogP contribution is -2.46. The van der Waals surface area contributed by atoms with Gasteiger partial charge in [0.1, 0.15) is 0 Å². The number of rotatable bonds is 4. The quantitative estimate of drug-likeness (QED) is 0.807. The number of aliphatic hydroxyl groups excluding tert-OH is 1. The van der Waals surface area contributed by atoms with Crippen molar-refractivity contribution in [3.05, 3.63) is 18.0 Å². The van der Waals surface area contributed by atoms with Crippen molar-refractivity contribution in [2.75, 3.05) is 11.5 Å². The molecule has 0 bridgehead atoms. The number of nitrogens with zero attached hydrogens (tertiary/aromatic N) is 2. The Hall–Kier alpha value is -0.920. The van der Waals surface area contributed by atoms with Crippen LogP contribution >= 0.6 is 0 Å². The molecule has 4 atom stereocenters. The van der Waals surface area contributed by atoms with Crippen LogP contribution in [-0.4, -0.2) is 53.0 Å². The summed E-state index contributed by atoms with van der Waals surface area (Å²) in [6.07, 6.45) is 2.92. The van der Waals surface area contributed by atoms with Crippen molar-refractivity contribution < 1.29 is 13.5 Å². The maximum absolute atomic E-state index is 11.5. The van der Waals surface area contributed by atoms with E-state index in [1.165, 1.54) is 0 Å². The lowest BCUT2D eigenvalue weighted by atomic mass is 10.1. The molecule has 108 valence electrons. The molecule has 0 saturated carbocycles. The number of hydrogen-bond donors (Lipinski definition) is 2. The van der Waals surface area contributed by atoms with Gasteiger partial charge >= 0.3 is 0 Å². The van der Waals surface area contributed by atoms with Crippen molar-refractivity contribution in [2.45, 2.75) is 45.0 Å². The van der Waals surface area contributed by atoms with Gasteiger partial charge < -0.3 is 10.4 Å². The van der Waals surface area contributed by atoms with Gasteiger partial charge in [-0.15, -0.1) is 0 Å². The summed E-state index contributed by atoms with van der Waals surface area (Å²) in [5.41, 5.74) is 1.09. The van der Waals surface area contributed by atoms with Crippen molar-refractivity contribution >= 4 is 9.84 Å². The second-order valence-corrected chi connectivity index (χ2v) is 7.60. The van der Waals surface area contributed by atoms with Gasteiger partial charge in [0, 0.05) is 18.3 Å². The van der Waals surface area contributed by atoms with Crippen LogP contribution in [0, 0.1) is 6.92 Å². The molecular formula is C12H21N3O3S. The van der Waals surface area contributed by atoms with Crippen LogP contribution in [0.2, 0.25) is 0 Å². The molecule has 0 spiro atoms. The van der Waals surface area contributed by atoms with Gasteiger partial charge in [0.25, 0.3) is 0 Å². The molecule has 0 aromatic carbocycles. The van der Waals surface area contributed by atoms with Gasteiger partial charge in [-0.3, -0.25) is 4.68 Å². The molecular weight excluding hydrogens is 266 g/mol. The van der Waals surface area contributed by atoms with Crippen LogP contribution in [0.25, 0.3) is 0 Å². The molecule has 1 aromatic rings. The third-order valence-corrected chi connectivity index (χ3v) is 5.39. The Morgan fingerprint density at radius 2 is 2.16 bits per heavy atom. The zero-order chi connectivity index (χ0) is 14.2. The fourth-order valence-electron chi connectivity index (χ4n) is 2.35. The first kappa shape index (κ1) is 14.5. The first-order valence-electron chi connectivity index (χ1n) is 6.44. The van der Waals surface area contributed by atoms with Gasteiger partial charge in [0.2, 0.25) is 0 Å². The Bertz CT molecular complexity index is 540. The molecule has 19 heavy (non-hydrogen) atoms.